The topological polar surface area (TPSA) is 47.4 Å². The minimum absolute atomic E-state index is 0.234. The molecule has 0 N–H and O–H groups in total. The number of ether oxygens (including phenoxy) is 1. The Balaban J connectivity index is 1.95. The number of carbonyl (C=O) groups excluding carboxylic acids is 1. The van der Waals surface area contributed by atoms with Crippen LogP contribution in [0.3, 0.4) is 0 Å². The summed E-state index contributed by atoms with van der Waals surface area (Å²) in [5, 5.41) is 4.64. The Labute approximate surface area is 120 Å². The van der Waals surface area contributed by atoms with Gasteiger partial charge in [-0.3, -0.25) is 4.68 Å². The lowest BCUT2D eigenvalue weighted by Crippen LogP contribution is -2.52. The van der Waals surface area contributed by atoms with Gasteiger partial charge in [0.05, 0.1) is 11.7 Å². The average molecular weight is 279 g/mol. The molecular formula is C15H25N3O2. The fraction of sp³-hybridized carbons (Fsp3) is 0.733. The van der Waals surface area contributed by atoms with Gasteiger partial charge in [0.15, 0.2) is 0 Å². The molecule has 2 rings (SSSR count). The van der Waals surface area contributed by atoms with Gasteiger partial charge in [0.2, 0.25) is 0 Å². The van der Waals surface area contributed by atoms with E-state index in [2.05, 4.69) is 31.9 Å². The van der Waals surface area contributed by atoms with Crippen LogP contribution in [0.25, 0.3) is 0 Å². The lowest BCUT2D eigenvalue weighted by molar-refractivity contribution is -0.000710. The van der Waals surface area contributed by atoms with E-state index >= 15 is 0 Å². The molecule has 0 aromatic carbocycles. The molecule has 20 heavy (non-hydrogen) atoms. The van der Waals surface area contributed by atoms with Crippen molar-refractivity contribution in [3.63, 3.8) is 0 Å². The van der Waals surface area contributed by atoms with Crippen molar-refractivity contribution in [2.45, 2.75) is 59.1 Å². The van der Waals surface area contributed by atoms with Crippen molar-refractivity contribution in [1.29, 1.82) is 0 Å². The average Bonchev–Trinajstić information content (AvgIpc) is 2.56. The van der Waals surface area contributed by atoms with Crippen LogP contribution < -0.4 is 0 Å². The molecule has 1 amide bonds. The highest BCUT2D eigenvalue weighted by molar-refractivity contribution is 5.69. The SMILES string of the molecule is Cc1cc(C(C)C)nn1C1CN(C(=O)OC(C)(C)C)C1. The quantitative estimate of drug-likeness (QED) is 0.835. The van der Waals surface area contributed by atoms with Crippen LogP contribution in [0.5, 0.6) is 0 Å². The van der Waals surface area contributed by atoms with Crippen molar-refractivity contribution < 1.29 is 9.53 Å². The first kappa shape index (κ1) is 14.9. The van der Waals surface area contributed by atoms with Gasteiger partial charge in [-0.25, -0.2) is 4.79 Å². The first-order valence-electron chi connectivity index (χ1n) is 7.21. The van der Waals surface area contributed by atoms with Gasteiger partial charge in [-0.2, -0.15) is 5.10 Å². The van der Waals surface area contributed by atoms with Crippen molar-refractivity contribution in [3.8, 4) is 0 Å². The Kier molecular flexibility index (Phi) is 3.80. The molecule has 5 nitrogen and oxygen atoms in total. The second-order valence-electron chi connectivity index (χ2n) is 6.85. The van der Waals surface area contributed by atoms with Crippen LogP contribution in [0.1, 0.15) is 58.0 Å². The molecule has 2 heterocycles. The van der Waals surface area contributed by atoms with E-state index in [1.165, 1.54) is 0 Å². The third kappa shape index (κ3) is 3.14. The van der Waals surface area contributed by atoms with Gasteiger partial charge in [0, 0.05) is 18.8 Å². The molecule has 0 radical (unpaired) electrons. The number of nitrogens with zero attached hydrogens (tertiary/aromatic N) is 3. The zero-order chi connectivity index (χ0) is 15.1. The summed E-state index contributed by atoms with van der Waals surface area (Å²) < 4.78 is 7.39. The van der Waals surface area contributed by atoms with Crippen LogP contribution in [0.2, 0.25) is 0 Å². The van der Waals surface area contributed by atoms with Crippen molar-refractivity contribution in [2.24, 2.45) is 0 Å². The summed E-state index contributed by atoms with van der Waals surface area (Å²) in [4.78, 5) is 13.6. The molecule has 1 saturated heterocycles. The highest BCUT2D eigenvalue weighted by atomic mass is 16.6. The molecule has 1 aromatic rings. The Morgan fingerprint density at radius 2 is 2.00 bits per heavy atom. The van der Waals surface area contributed by atoms with Crippen LogP contribution in [0, 0.1) is 6.92 Å². The summed E-state index contributed by atoms with van der Waals surface area (Å²) in [5.74, 6) is 0.428. The number of likely N-dealkylation sites (tertiary alicyclic amines) is 1. The Morgan fingerprint density at radius 1 is 1.40 bits per heavy atom. The van der Waals surface area contributed by atoms with E-state index < -0.39 is 5.60 Å². The van der Waals surface area contributed by atoms with Gasteiger partial charge in [-0.15, -0.1) is 0 Å². The van der Waals surface area contributed by atoms with Gasteiger partial charge < -0.3 is 9.64 Å². The van der Waals surface area contributed by atoms with Crippen molar-refractivity contribution in [2.75, 3.05) is 13.1 Å². The highest BCUT2D eigenvalue weighted by Crippen LogP contribution is 2.26. The van der Waals surface area contributed by atoms with Gasteiger partial charge >= 0.3 is 6.09 Å². The Morgan fingerprint density at radius 3 is 2.45 bits per heavy atom. The number of rotatable bonds is 2. The second-order valence-corrected chi connectivity index (χ2v) is 6.85. The summed E-state index contributed by atoms with van der Waals surface area (Å²) in [5.41, 5.74) is 1.83. The van der Waals surface area contributed by atoms with E-state index in [-0.39, 0.29) is 12.1 Å². The molecule has 0 bridgehead atoms. The first-order chi connectivity index (χ1) is 9.17. The van der Waals surface area contributed by atoms with Crippen LogP contribution >= 0.6 is 0 Å². The summed E-state index contributed by atoms with van der Waals surface area (Å²) in [6, 6.07) is 2.40. The molecule has 0 atom stereocenters. The lowest BCUT2D eigenvalue weighted by atomic mass is 10.1. The maximum Gasteiger partial charge on any atom is 0.410 e. The third-order valence-electron chi connectivity index (χ3n) is 3.39. The van der Waals surface area contributed by atoms with Crippen LogP contribution in [0.4, 0.5) is 4.79 Å². The Bertz CT molecular complexity index is 494. The number of hydrogen-bond acceptors (Lipinski definition) is 3. The minimum Gasteiger partial charge on any atom is -0.444 e. The molecule has 0 unspecified atom stereocenters. The number of aromatic nitrogens is 2. The number of aryl methyl sites for hydroxylation is 1. The second kappa shape index (κ2) is 5.11. The molecule has 1 aromatic heterocycles. The van der Waals surface area contributed by atoms with Crippen LogP contribution in [-0.4, -0.2) is 39.5 Å². The molecular weight excluding hydrogens is 254 g/mol. The highest BCUT2D eigenvalue weighted by Gasteiger charge is 2.35. The number of amides is 1. The predicted molar refractivity (Wildman–Crippen MR) is 77.9 cm³/mol. The van der Waals surface area contributed by atoms with Gasteiger partial charge in [-0.1, -0.05) is 13.8 Å². The summed E-state index contributed by atoms with van der Waals surface area (Å²) >= 11 is 0. The number of hydrogen-bond donors (Lipinski definition) is 0. The summed E-state index contributed by atoms with van der Waals surface area (Å²) in [6.07, 6.45) is -0.234. The summed E-state index contributed by atoms with van der Waals surface area (Å²) in [7, 11) is 0. The number of carbonyl (C=O) groups is 1. The van der Waals surface area contributed by atoms with Gasteiger partial charge in [0.1, 0.15) is 5.60 Å². The maximum atomic E-state index is 11.9. The predicted octanol–water partition coefficient (Wildman–Crippen LogP) is 3.11. The molecule has 1 aliphatic heterocycles. The third-order valence-corrected chi connectivity index (χ3v) is 3.39. The van der Waals surface area contributed by atoms with E-state index in [0.717, 1.165) is 11.4 Å². The van der Waals surface area contributed by atoms with Crippen LogP contribution in [-0.2, 0) is 4.74 Å². The fourth-order valence-electron chi connectivity index (χ4n) is 2.25. The zero-order valence-electron chi connectivity index (χ0n) is 13.3. The van der Waals surface area contributed by atoms with E-state index in [9.17, 15) is 4.79 Å². The monoisotopic (exact) mass is 279 g/mol. The zero-order valence-corrected chi connectivity index (χ0v) is 13.3. The van der Waals surface area contributed by atoms with Crippen LogP contribution in [0.15, 0.2) is 6.07 Å². The fourth-order valence-corrected chi connectivity index (χ4v) is 2.25. The molecule has 1 aliphatic rings. The normalized spacial score (nSPS) is 16.4. The molecule has 112 valence electrons. The summed E-state index contributed by atoms with van der Waals surface area (Å²) in [6.45, 7) is 13.3. The Hall–Kier alpha value is -1.52. The maximum absolute atomic E-state index is 11.9. The molecule has 1 fully saturated rings. The van der Waals surface area contributed by atoms with Crippen molar-refractivity contribution in [1.82, 2.24) is 14.7 Å². The molecule has 0 saturated carbocycles. The van der Waals surface area contributed by atoms with Crippen molar-refractivity contribution >= 4 is 6.09 Å². The van der Waals surface area contributed by atoms with E-state index in [0.29, 0.717) is 19.0 Å². The lowest BCUT2D eigenvalue weighted by Gasteiger charge is -2.40. The van der Waals surface area contributed by atoms with Crippen molar-refractivity contribution in [3.05, 3.63) is 17.5 Å². The van der Waals surface area contributed by atoms with Gasteiger partial charge in [-0.05, 0) is 39.7 Å². The van der Waals surface area contributed by atoms with Gasteiger partial charge in [0.25, 0.3) is 0 Å². The van der Waals surface area contributed by atoms with E-state index in [4.69, 9.17) is 4.74 Å². The molecule has 0 spiro atoms. The standard InChI is InChI=1S/C15H25N3O2/c1-10(2)13-7-11(3)18(16-13)12-8-17(9-12)14(19)20-15(4,5)6/h7,10,12H,8-9H2,1-6H3. The van der Waals surface area contributed by atoms with E-state index in [1.54, 1.807) is 4.90 Å². The molecule has 5 heteroatoms. The largest absolute Gasteiger partial charge is 0.444 e. The van der Waals surface area contributed by atoms with E-state index in [1.807, 2.05) is 25.5 Å². The smallest absolute Gasteiger partial charge is 0.410 e. The molecule has 0 aliphatic carbocycles. The minimum atomic E-state index is -0.436. The first-order valence-corrected chi connectivity index (χ1v) is 7.21.